The van der Waals surface area contributed by atoms with Gasteiger partial charge in [-0.1, -0.05) is 17.7 Å². The molecule has 2 aliphatic rings. The molecule has 3 heteroatoms. The van der Waals surface area contributed by atoms with Gasteiger partial charge in [0.15, 0.2) is 0 Å². The second-order valence-corrected chi connectivity index (χ2v) is 5.89. The number of rotatable bonds is 2. The van der Waals surface area contributed by atoms with Crippen LogP contribution in [0.3, 0.4) is 0 Å². The minimum Gasteiger partial charge on any atom is -0.371 e. The molecule has 1 N–H and O–H groups in total. The topological polar surface area (TPSA) is 15.3 Å². The van der Waals surface area contributed by atoms with E-state index in [9.17, 15) is 0 Å². The molecule has 2 nitrogen and oxygen atoms in total. The number of hydrogen-bond acceptors (Lipinski definition) is 2. The molecule has 3 rings (SSSR count). The van der Waals surface area contributed by atoms with Crippen molar-refractivity contribution in [3.63, 3.8) is 0 Å². The summed E-state index contributed by atoms with van der Waals surface area (Å²) in [6.45, 7) is 7.10. The first kappa shape index (κ1) is 14.7. The van der Waals surface area contributed by atoms with E-state index in [1.54, 1.807) is 5.56 Å². The molecule has 19 heavy (non-hydrogen) atoms. The summed E-state index contributed by atoms with van der Waals surface area (Å²) in [6, 6.07) is 6.97. The summed E-state index contributed by atoms with van der Waals surface area (Å²) in [7, 11) is 0. The monoisotopic (exact) mass is 280 g/mol. The van der Waals surface area contributed by atoms with E-state index in [-0.39, 0.29) is 12.4 Å². The lowest BCUT2D eigenvalue weighted by Gasteiger charge is -2.35. The Morgan fingerprint density at radius 3 is 3.00 bits per heavy atom. The summed E-state index contributed by atoms with van der Waals surface area (Å²) in [4.78, 5) is 2.62. The number of piperidine rings is 1. The molecule has 0 aliphatic carbocycles. The lowest BCUT2D eigenvalue weighted by Crippen LogP contribution is -2.40. The SMILES string of the molecule is Cc1ccc2c(c1)CCCN2CC1CCCNC1.Cl. The number of hydrogen-bond donors (Lipinski definition) is 1. The van der Waals surface area contributed by atoms with E-state index in [4.69, 9.17) is 0 Å². The van der Waals surface area contributed by atoms with Gasteiger partial charge in [0.25, 0.3) is 0 Å². The van der Waals surface area contributed by atoms with Gasteiger partial charge in [-0.2, -0.15) is 0 Å². The van der Waals surface area contributed by atoms with Gasteiger partial charge in [0.2, 0.25) is 0 Å². The third kappa shape index (κ3) is 3.43. The van der Waals surface area contributed by atoms with Gasteiger partial charge in [0.1, 0.15) is 0 Å². The van der Waals surface area contributed by atoms with Crippen LogP contribution in [0.5, 0.6) is 0 Å². The summed E-state index contributed by atoms with van der Waals surface area (Å²) in [6.07, 6.45) is 5.32. The Hall–Kier alpha value is -0.730. The molecule has 1 unspecified atom stereocenters. The maximum Gasteiger partial charge on any atom is 0.0399 e. The lowest BCUT2D eigenvalue weighted by atomic mass is 9.95. The summed E-state index contributed by atoms with van der Waals surface area (Å²) >= 11 is 0. The number of anilines is 1. The quantitative estimate of drug-likeness (QED) is 0.895. The smallest absolute Gasteiger partial charge is 0.0399 e. The van der Waals surface area contributed by atoms with E-state index in [0.717, 1.165) is 5.92 Å². The second kappa shape index (κ2) is 6.62. The van der Waals surface area contributed by atoms with Gasteiger partial charge in [0.05, 0.1) is 0 Å². The van der Waals surface area contributed by atoms with E-state index in [0.29, 0.717) is 0 Å². The van der Waals surface area contributed by atoms with Crippen molar-refractivity contribution in [2.24, 2.45) is 5.92 Å². The molecule has 0 aromatic heterocycles. The Kier molecular flexibility index (Phi) is 5.12. The lowest BCUT2D eigenvalue weighted by molar-refractivity contribution is 0.374. The molecule has 1 saturated heterocycles. The molecule has 0 amide bonds. The van der Waals surface area contributed by atoms with Crippen LogP contribution in [-0.4, -0.2) is 26.2 Å². The average Bonchev–Trinajstić information content (AvgIpc) is 2.40. The van der Waals surface area contributed by atoms with Crippen LogP contribution in [0.2, 0.25) is 0 Å². The highest BCUT2D eigenvalue weighted by molar-refractivity contribution is 5.85. The number of nitrogens with one attached hydrogen (secondary N) is 1. The molecule has 106 valence electrons. The van der Waals surface area contributed by atoms with Crippen LogP contribution >= 0.6 is 12.4 Å². The first-order valence-electron chi connectivity index (χ1n) is 7.38. The fraction of sp³-hybridized carbons (Fsp3) is 0.625. The van der Waals surface area contributed by atoms with E-state index >= 15 is 0 Å². The Morgan fingerprint density at radius 1 is 1.32 bits per heavy atom. The van der Waals surface area contributed by atoms with Crippen LogP contribution < -0.4 is 10.2 Å². The zero-order valence-electron chi connectivity index (χ0n) is 11.8. The molecule has 2 aliphatic heterocycles. The minimum atomic E-state index is 0. The van der Waals surface area contributed by atoms with Crippen molar-refractivity contribution >= 4 is 18.1 Å². The predicted octanol–water partition coefficient (Wildman–Crippen LogP) is 3.17. The molecule has 0 saturated carbocycles. The van der Waals surface area contributed by atoms with Gasteiger partial charge < -0.3 is 10.2 Å². The van der Waals surface area contributed by atoms with Crippen molar-refractivity contribution in [1.82, 2.24) is 5.32 Å². The maximum atomic E-state index is 3.53. The van der Waals surface area contributed by atoms with Crippen molar-refractivity contribution in [3.05, 3.63) is 29.3 Å². The highest BCUT2D eigenvalue weighted by Gasteiger charge is 2.21. The summed E-state index contributed by atoms with van der Waals surface area (Å²) in [5, 5.41) is 3.53. The van der Waals surface area contributed by atoms with Gasteiger partial charge in [-0.15, -0.1) is 12.4 Å². The third-order valence-electron chi connectivity index (χ3n) is 4.33. The van der Waals surface area contributed by atoms with E-state index in [2.05, 4.69) is 35.3 Å². The fourth-order valence-corrected chi connectivity index (χ4v) is 3.38. The van der Waals surface area contributed by atoms with Gasteiger partial charge in [-0.3, -0.25) is 0 Å². The largest absolute Gasteiger partial charge is 0.371 e. The molecule has 1 atom stereocenters. The van der Waals surface area contributed by atoms with E-state index < -0.39 is 0 Å². The first-order valence-corrected chi connectivity index (χ1v) is 7.38. The number of halogens is 1. The van der Waals surface area contributed by atoms with Crippen molar-refractivity contribution in [2.75, 3.05) is 31.1 Å². The van der Waals surface area contributed by atoms with Crippen molar-refractivity contribution in [1.29, 1.82) is 0 Å². The molecular formula is C16H25ClN2. The standard InChI is InChI=1S/C16H24N2.ClH/c1-13-6-7-16-15(10-13)5-3-9-18(16)12-14-4-2-8-17-11-14;/h6-7,10,14,17H,2-5,8-9,11-12H2,1H3;1H. The minimum absolute atomic E-state index is 0. The van der Waals surface area contributed by atoms with Crippen LogP contribution in [0.1, 0.15) is 30.4 Å². The molecule has 0 spiro atoms. The molecule has 2 heterocycles. The molecule has 1 fully saturated rings. The van der Waals surface area contributed by atoms with Crippen LogP contribution in [0.15, 0.2) is 18.2 Å². The Labute approximate surface area is 123 Å². The van der Waals surface area contributed by atoms with Crippen LogP contribution in [0, 0.1) is 12.8 Å². The predicted molar refractivity (Wildman–Crippen MR) is 84.6 cm³/mol. The Morgan fingerprint density at radius 2 is 2.21 bits per heavy atom. The number of benzene rings is 1. The van der Waals surface area contributed by atoms with Crippen LogP contribution in [0.4, 0.5) is 5.69 Å². The Bertz CT molecular complexity index is 413. The number of nitrogens with zero attached hydrogens (tertiary/aromatic N) is 1. The summed E-state index contributed by atoms with van der Waals surface area (Å²) < 4.78 is 0. The van der Waals surface area contributed by atoms with Gasteiger partial charge in [0, 0.05) is 18.8 Å². The molecule has 0 radical (unpaired) electrons. The van der Waals surface area contributed by atoms with Gasteiger partial charge >= 0.3 is 0 Å². The zero-order chi connectivity index (χ0) is 12.4. The van der Waals surface area contributed by atoms with E-state index in [1.807, 2.05) is 0 Å². The normalized spacial score (nSPS) is 22.6. The molecule has 1 aromatic carbocycles. The number of fused-ring (bicyclic) bond motifs is 1. The second-order valence-electron chi connectivity index (χ2n) is 5.89. The maximum absolute atomic E-state index is 3.53. The molecular weight excluding hydrogens is 256 g/mol. The van der Waals surface area contributed by atoms with Crippen LogP contribution in [0.25, 0.3) is 0 Å². The van der Waals surface area contributed by atoms with Gasteiger partial charge in [-0.25, -0.2) is 0 Å². The highest BCUT2D eigenvalue weighted by atomic mass is 35.5. The first-order chi connectivity index (χ1) is 8.83. The molecule has 0 bridgehead atoms. The Balaban J connectivity index is 0.00000133. The average molecular weight is 281 g/mol. The third-order valence-corrected chi connectivity index (χ3v) is 4.33. The van der Waals surface area contributed by atoms with Crippen molar-refractivity contribution in [2.45, 2.75) is 32.6 Å². The fourth-order valence-electron chi connectivity index (χ4n) is 3.38. The molecule has 1 aromatic rings. The van der Waals surface area contributed by atoms with Crippen molar-refractivity contribution < 1.29 is 0 Å². The van der Waals surface area contributed by atoms with E-state index in [1.165, 1.54) is 63.1 Å². The highest BCUT2D eigenvalue weighted by Crippen LogP contribution is 2.29. The van der Waals surface area contributed by atoms with Crippen molar-refractivity contribution in [3.8, 4) is 0 Å². The van der Waals surface area contributed by atoms with Crippen LogP contribution in [-0.2, 0) is 6.42 Å². The summed E-state index contributed by atoms with van der Waals surface area (Å²) in [5.41, 5.74) is 4.46. The van der Waals surface area contributed by atoms with Gasteiger partial charge in [-0.05, 0) is 63.2 Å². The summed E-state index contributed by atoms with van der Waals surface area (Å²) in [5.74, 6) is 0.839. The zero-order valence-corrected chi connectivity index (χ0v) is 12.6. The number of aryl methyl sites for hydroxylation is 2.